The number of unbranched alkanes of at least 4 members (excludes halogenated alkanes) is 6. The van der Waals surface area contributed by atoms with Crippen LogP contribution < -0.4 is 10.2 Å². The van der Waals surface area contributed by atoms with Crippen molar-refractivity contribution >= 4 is 28.9 Å². The third-order valence-electron chi connectivity index (χ3n) is 5.51. The molecule has 0 heterocycles. The van der Waals surface area contributed by atoms with Gasteiger partial charge in [0.2, 0.25) is 5.91 Å². The smallest absolute Gasteiger partial charge is 0.344 e. The average molecular weight is 445 g/mol. The van der Waals surface area contributed by atoms with E-state index in [2.05, 4.69) is 17.5 Å². The number of hydrazone groups is 1. The number of hydrogen-bond acceptors (Lipinski definition) is 4. The molecule has 0 unspecified atom stereocenters. The lowest BCUT2D eigenvalue weighted by molar-refractivity contribution is -0.121. The highest BCUT2D eigenvalue weighted by atomic mass is 16.5. The summed E-state index contributed by atoms with van der Waals surface area (Å²) >= 11 is 0. The Morgan fingerprint density at radius 2 is 1.55 bits per heavy atom. The fourth-order valence-corrected chi connectivity index (χ4v) is 3.66. The molecule has 0 radical (unpaired) electrons. The van der Waals surface area contributed by atoms with E-state index in [1.54, 1.807) is 36.5 Å². The number of amides is 1. The summed E-state index contributed by atoms with van der Waals surface area (Å²) in [6, 6.07) is 20.3. The van der Waals surface area contributed by atoms with E-state index in [9.17, 15) is 9.59 Å². The minimum Gasteiger partial charge on any atom is -0.423 e. The van der Waals surface area contributed by atoms with Gasteiger partial charge in [-0.05, 0) is 53.1 Å². The number of benzene rings is 3. The third-order valence-corrected chi connectivity index (χ3v) is 5.51. The maximum absolute atomic E-state index is 12.6. The van der Waals surface area contributed by atoms with Gasteiger partial charge in [0.1, 0.15) is 5.75 Å². The van der Waals surface area contributed by atoms with Crippen molar-refractivity contribution < 1.29 is 14.3 Å². The SMILES string of the molecule is CCCCCCCCCC(=O)N/N=C/c1ccc(OC(=O)c2cccc3ccccc23)cc1. The minimum absolute atomic E-state index is 0.0690. The Morgan fingerprint density at radius 1 is 0.848 bits per heavy atom. The second-order valence-electron chi connectivity index (χ2n) is 8.15. The predicted molar refractivity (Wildman–Crippen MR) is 134 cm³/mol. The Morgan fingerprint density at radius 3 is 2.33 bits per heavy atom. The molecule has 0 saturated carbocycles. The highest BCUT2D eigenvalue weighted by molar-refractivity contribution is 6.05. The van der Waals surface area contributed by atoms with Crippen LogP contribution in [0.15, 0.2) is 71.8 Å². The first kappa shape index (κ1) is 24.2. The van der Waals surface area contributed by atoms with E-state index in [0.717, 1.165) is 29.2 Å². The van der Waals surface area contributed by atoms with E-state index in [1.807, 2.05) is 36.4 Å². The number of carbonyl (C=O) groups is 2. The Kier molecular flexibility index (Phi) is 9.64. The number of esters is 1. The molecule has 0 bridgehead atoms. The van der Waals surface area contributed by atoms with E-state index in [0.29, 0.717) is 17.7 Å². The van der Waals surface area contributed by atoms with Crippen LogP contribution in [0.2, 0.25) is 0 Å². The van der Waals surface area contributed by atoms with Gasteiger partial charge in [0.25, 0.3) is 0 Å². The van der Waals surface area contributed by atoms with Crippen LogP contribution in [-0.4, -0.2) is 18.1 Å². The van der Waals surface area contributed by atoms with Gasteiger partial charge in [-0.25, -0.2) is 10.2 Å². The van der Waals surface area contributed by atoms with E-state index in [4.69, 9.17) is 4.74 Å². The maximum atomic E-state index is 12.6. The molecule has 5 nitrogen and oxygen atoms in total. The maximum Gasteiger partial charge on any atom is 0.344 e. The Labute approximate surface area is 195 Å². The summed E-state index contributed by atoms with van der Waals surface area (Å²) in [4.78, 5) is 24.5. The van der Waals surface area contributed by atoms with Gasteiger partial charge in [0.05, 0.1) is 11.8 Å². The fraction of sp³-hybridized carbons (Fsp3) is 0.321. The van der Waals surface area contributed by atoms with Crippen molar-refractivity contribution in [3.05, 3.63) is 77.9 Å². The van der Waals surface area contributed by atoms with Crippen molar-refractivity contribution in [1.29, 1.82) is 0 Å². The molecule has 0 spiro atoms. The van der Waals surface area contributed by atoms with Crippen LogP contribution in [0, 0.1) is 0 Å². The summed E-state index contributed by atoms with van der Waals surface area (Å²) in [5, 5.41) is 5.88. The van der Waals surface area contributed by atoms with Crippen LogP contribution in [0.5, 0.6) is 5.75 Å². The van der Waals surface area contributed by atoms with Crippen LogP contribution in [0.1, 0.15) is 74.2 Å². The largest absolute Gasteiger partial charge is 0.423 e. The van der Waals surface area contributed by atoms with Gasteiger partial charge < -0.3 is 4.74 Å². The Bertz CT molecular complexity index is 1070. The van der Waals surface area contributed by atoms with E-state index < -0.39 is 5.97 Å². The zero-order chi connectivity index (χ0) is 23.3. The van der Waals surface area contributed by atoms with Gasteiger partial charge in [0.15, 0.2) is 0 Å². The number of nitrogens with one attached hydrogen (secondary N) is 1. The second kappa shape index (κ2) is 13.2. The van der Waals surface area contributed by atoms with Gasteiger partial charge in [0, 0.05) is 6.42 Å². The number of nitrogens with zero attached hydrogens (tertiary/aromatic N) is 1. The lowest BCUT2D eigenvalue weighted by atomic mass is 10.0. The van der Waals surface area contributed by atoms with Gasteiger partial charge >= 0.3 is 5.97 Å². The monoisotopic (exact) mass is 444 g/mol. The zero-order valence-corrected chi connectivity index (χ0v) is 19.3. The molecule has 5 heteroatoms. The quantitative estimate of drug-likeness (QED) is 0.112. The molecule has 0 aliphatic heterocycles. The van der Waals surface area contributed by atoms with Crippen molar-refractivity contribution in [3.63, 3.8) is 0 Å². The molecule has 0 aliphatic carbocycles. The molecule has 1 amide bonds. The van der Waals surface area contributed by atoms with Crippen molar-refractivity contribution in [2.24, 2.45) is 5.10 Å². The molecule has 0 fully saturated rings. The lowest BCUT2D eigenvalue weighted by Crippen LogP contribution is -2.16. The number of rotatable bonds is 12. The van der Waals surface area contributed by atoms with Crippen molar-refractivity contribution in [2.45, 2.75) is 58.3 Å². The molecule has 172 valence electrons. The normalized spacial score (nSPS) is 11.1. The Balaban J connectivity index is 1.43. The topological polar surface area (TPSA) is 67.8 Å². The zero-order valence-electron chi connectivity index (χ0n) is 19.3. The van der Waals surface area contributed by atoms with Crippen LogP contribution in [-0.2, 0) is 4.79 Å². The standard InChI is InChI=1S/C28H32N2O3/c1-2-3-4-5-6-7-8-16-27(31)30-29-21-22-17-19-24(20-18-22)33-28(32)26-15-11-13-23-12-9-10-14-25(23)26/h9-15,17-21H,2-8,16H2,1H3,(H,30,31)/b29-21+. The summed E-state index contributed by atoms with van der Waals surface area (Å²) in [6.45, 7) is 2.21. The molecule has 3 aromatic rings. The highest BCUT2D eigenvalue weighted by Crippen LogP contribution is 2.21. The van der Waals surface area contributed by atoms with E-state index in [1.165, 1.54) is 32.1 Å². The molecule has 3 aromatic carbocycles. The molecule has 3 rings (SSSR count). The number of hydrogen-bond donors (Lipinski definition) is 1. The first-order chi connectivity index (χ1) is 16.2. The molecule has 0 atom stereocenters. The minimum atomic E-state index is -0.397. The second-order valence-corrected chi connectivity index (χ2v) is 8.15. The molecule has 0 aliphatic rings. The summed E-state index contributed by atoms with van der Waals surface area (Å²) in [5.41, 5.74) is 3.90. The van der Waals surface area contributed by atoms with E-state index >= 15 is 0 Å². The fourth-order valence-electron chi connectivity index (χ4n) is 3.66. The first-order valence-electron chi connectivity index (χ1n) is 11.8. The van der Waals surface area contributed by atoms with Gasteiger partial charge in [-0.2, -0.15) is 5.10 Å². The number of fused-ring (bicyclic) bond motifs is 1. The van der Waals surface area contributed by atoms with Crippen molar-refractivity contribution in [1.82, 2.24) is 5.43 Å². The molecular weight excluding hydrogens is 412 g/mol. The third kappa shape index (κ3) is 7.86. The van der Waals surface area contributed by atoms with E-state index in [-0.39, 0.29) is 5.91 Å². The van der Waals surface area contributed by atoms with Gasteiger partial charge in [-0.15, -0.1) is 0 Å². The van der Waals surface area contributed by atoms with Crippen LogP contribution >= 0.6 is 0 Å². The average Bonchev–Trinajstić information content (AvgIpc) is 2.84. The van der Waals surface area contributed by atoms with Crippen LogP contribution in [0.4, 0.5) is 0 Å². The summed E-state index contributed by atoms with van der Waals surface area (Å²) in [6.07, 6.45) is 10.3. The molecule has 0 aromatic heterocycles. The molecule has 0 saturated heterocycles. The van der Waals surface area contributed by atoms with Crippen molar-refractivity contribution in [3.8, 4) is 5.75 Å². The van der Waals surface area contributed by atoms with Crippen molar-refractivity contribution in [2.75, 3.05) is 0 Å². The van der Waals surface area contributed by atoms with Gasteiger partial charge in [-0.1, -0.05) is 81.8 Å². The summed E-state index contributed by atoms with van der Waals surface area (Å²) in [5.74, 6) is -0.0145. The summed E-state index contributed by atoms with van der Waals surface area (Å²) < 4.78 is 5.54. The molecule has 1 N–H and O–H groups in total. The number of carbonyl (C=O) groups excluding carboxylic acids is 2. The lowest BCUT2D eigenvalue weighted by Gasteiger charge is -2.07. The van der Waals surface area contributed by atoms with Crippen LogP contribution in [0.3, 0.4) is 0 Å². The Hall–Kier alpha value is -3.47. The predicted octanol–water partition coefficient (Wildman–Crippen LogP) is 6.65. The van der Waals surface area contributed by atoms with Gasteiger partial charge in [-0.3, -0.25) is 4.79 Å². The van der Waals surface area contributed by atoms with Crippen LogP contribution in [0.25, 0.3) is 10.8 Å². The summed E-state index contributed by atoms with van der Waals surface area (Å²) in [7, 11) is 0. The molecule has 33 heavy (non-hydrogen) atoms. The molecular formula is C28H32N2O3. The number of ether oxygens (including phenoxy) is 1. The highest BCUT2D eigenvalue weighted by Gasteiger charge is 2.12. The first-order valence-corrected chi connectivity index (χ1v) is 11.8.